The number of carboxylic acid groups (broad SMARTS) is 1. The predicted octanol–water partition coefficient (Wildman–Crippen LogP) is 0.848. The molecule has 5 nitrogen and oxygen atoms in total. The first-order valence-corrected chi connectivity index (χ1v) is 6.48. The summed E-state index contributed by atoms with van der Waals surface area (Å²) in [6, 6.07) is 8.81. The topological polar surface area (TPSA) is 83.5 Å². The summed E-state index contributed by atoms with van der Waals surface area (Å²) in [7, 11) is -1.44. The molecule has 0 saturated heterocycles. The summed E-state index contributed by atoms with van der Waals surface area (Å²) in [6.07, 6.45) is -0.189. The van der Waals surface area contributed by atoms with E-state index in [1.807, 2.05) is 6.07 Å². The molecule has 1 atom stereocenters. The van der Waals surface area contributed by atoms with Gasteiger partial charge < -0.3 is 10.4 Å². The molecule has 0 heterocycles. The summed E-state index contributed by atoms with van der Waals surface area (Å²) in [5.74, 6) is -1.57. The molecule has 0 aliphatic carbocycles. The Morgan fingerprint density at radius 1 is 1.24 bits per heavy atom. The third-order valence-corrected chi connectivity index (χ3v) is 3.14. The number of rotatable bonds is 6. The maximum absolute atomic E-state index is 11.4. The fourth-order valence-electron chi connectivity index (χ4n) is 1.14. The molecule has 0 fully saturated rings. The molecule has 0 aromatic heterocycles. The van der Waals surface area contributed by atoms with Crippen LogP contribution >= 0.6 is 0 Å². The molecule has 1 amide bonds. The van der Waals surface area contributed by atoms with Crippen molar-refractivity contribution < 1.29 is 18.9 Å². The van der Waals surface area contributed by atoms with Crippen molar-refractivity contribution in [2.45, 2.75) is 6.42 Å². The highest BCUT2D eigenvalue weighted by Crippen LogP contribution is 2.04. The van der Waals surface area contributed by atoms with Crippen LogP contribution < -0.4 is 5.32 Å². The van der Waals surface area contributed by atoms with Gasteiger partial charge in [-0.2, -0.15) is 0 Å². The van der Waals surface area contributed by atoms with Crippen molar-refractivity contribution in [1.82, 2.24) is 0 Å². The van der Waals surface area contributed by atoms with Gasteiger partial charge in [-0.15, -0.1) is 0 Å². The van der Waals surface area contributed by atoms with Gasteiger partial charge in [0.1, 0.15) is 5.75 Å². The van der Waals surface area contributed by atoms with Crippen molar-refractivity contribution in [3.05, 3.63) is 30.3 Å². The van der Waals surface area contributed by atoms with Crippen LogP contribution in [0.1, 0.15) is 6.42 Å². The SMILES string of the molecule is O=C(O)CCS(=O)CC(=O)Nc1ccccc1. The van der Waals surface area contributed by atoms with Crippen LogP contribution in [0.15, 0.2) is 30.3 Å². The highest BCUT2D eigenvalue weighted by molar-refractivity contribution is 7.85. The van der Waals surface area contributed by atoms with Crippen molar-refractivity contribution in [3.8, 4) is 0 Å². The number of para-hydroxylation sites is 1. The van der Waals surface area contributed by atoms with Gasteiger partial charge in [-0.1, -0.05) is 18.2 Å². The molecule has 1 rings (SSSR count). The lowest BCUT2D eigenvalue weighted by molar-refractivity contribution is -0.136. The Kier molecular flexibility index (Phi) is 5.35. The Morgan fingerprint density at radius 2 is 1.88 bits per heavy atom. The minimum atomic E-state index is -1.44. The normalized spacial score (nSPS) is 11.8. The number of nitrogens with one attached hydrogen (secondary N) is 1. The zero-order valence-electron chi connectivity index (χ0n) is 9.09. The fourth-order valence-corrected chi connectivity index (χ4v) is 2.05. The Labute approximate surface area is 101 Å². The van der Waals surface area contributed by atoms with Gasteiger partial charge in [0.05, 0.1) is 6.42 Å². The number of hydrogen-bond donors (Lipinski definition) is 2. The van der Waals surface area contributed by atoms with E-state index in [-0.39, 0.29) is 23.8 Å². The first-order chi connectivity index (χ1) is 8.08. The number of carboxylic acids is 1. The number of hydrogen-bond acceptors (Lipinski definition) is 3. The molecule has 17 heavy (non-hydrogen) atoms. The lowest BCUT2D eigenvalue weighted by Crippen LogP contribution is -2.21. The van der Waals surface area contributed by atoms with Crippen LogP contribution in [0, 0.1) is 0 Å². The summed E-state index contributed by atoms with van der Waals surface area (Å²) < 4.78 is 11.3. The maximum Gasteiger partial charge on any atom is 0.304 e. The van der Waals surface area contributed by atoms with Crippen molar-refractivity contribution in [2.75, 3.05) is 16.8 Å². The van der Waals surface area contributed by atoms with Crippen LogP contribution in [-0.4, -0.2) is 32.7 Å². The second-order valence-electron chi connectivity index (χ2n) is 3.35. The number of amides is 1. The number of anilines is 1. The zero-order chi connectivity index (χ0) is 12.7. The minimum Gasteiger partial charge on any atom is -0.481 e. The summed E-state index contributed by atoms with van der Waals surface area (Å²) in [4.78, 5) is 21.7. The Balaban J connectivity index is 2.35. The molecule has 0 aliphatic heterocycles. The van der Waals surface area contributed by atoms with E-state index in [4.69, 9.17) is 5.11 Å². The number of carbonyl (C=O) groups excluding carboxylic acids is 1. The standard InChI is InChI=1S/C11H13NO4S/c13-10(8-17(16)7-6-11(14)15)12-9-4-2-1-3-5-9/h1-5H,6-8H2,(H,12,13)(H,14,15). The molecule has 1 aromatic carbocycles. The van der Waals surface area contributed by atoms with Crippen LogP contribution in [0.3, 0.4) is 0 Å². The average Bonchev–Trinajstić information content (AvgIpc) is 2.27. The molecule has 6 heteroatoms. The minimum absolute atomic E-state index is 0.00244. The largest absolute Gasteiger partial charge is 0.481 e. The molecule has 0 aliphatic rings. The molecule has 0 bridgehead atoms. The first-order valence-electron chi connectivity index (χ1n) is 4.99. The Bertz CT molecular complexity index is 419. The monoisotopic (exact) mass is 255 g/mol. The van der Waals surface area contributed by atoms with Gasteiger partial charge in [-0.25, -0.2) is 0 Å². The van der Waals surface area contributed by atoms with Crippen molar-refractivity contribution in [1.29, 1.82) is 0 Å². The van der Waals surface area contributed by atoms with E-state index in [1.54, 1.807) is 24.3 Å². The van der Waals surface area contributed by atoms with Gasteiger partial charge in [0.25, 0.3) is 0 Å². The van der Waals surface area contributed by atoms with E-state index in [0.29, 0.717) is 5.69 Å². The second kappa shape index (κ2) is 6.80. The van der Waals surface area contributed by atoms with Crippen molar-refractivity contribution >= 4 is 28.4 Å². The zero-order valence-corrected chi connectivity index (χ0v) is 9.90. The predicted molar refractivity (Wildman–Crippen MR) is 65.2 cm³/mol. The quantitative estimate of drug-likeness (QED) is 0.789. The van der Waals surface area contributed by atoms with Crippen LogP contribution in [-0.2, 0) is 20.4 Å². The van der Waals surface area contributed by atoms with Crippen LogP contribution in [0.4, 0.5) is 5.69 Å². The first kappa shape index (κ1) is 13.4. The average molecular weight is 255 g/mol. The lowest BCUT2D eigenvalue weighted by Gasteiger charge is -2.04. The molecule has 92 valence electrons. The van der Waals surface area contributed by atoms with Gasteiger partial charge >= 0.3 is 5.97 Å². The number of aliphatic carboxylic acids is 1. The Hall–Kier alpha value is -1.69. The summed E-state index contributed by atoms with van der Waals surface area (Å²) >= 11 is 0. The van der Waals surface area contributed by atoms with Gasteiger partial charge in [-0.05, 0) is 12.1 Å². The van der Waals surface area contributed by atoms with Gasteiger partial charge in [-0.3, -0.25) is 13.8 Å². The number of benzene rings is 1. The van der Waals surface area contributed by atoms with Crippen LogP contribution in [0.2, 0.25) is 0 Å². The molecule has 0 spiro atoms. The highest BCUT2D eigenvalue weighted by Gasteiger charge is 2.09. The second-order valence-corrected chi connectivity index (χ2v) is 4.92. The van der Waals surface area contributed by atoms with Crippen molar-refractivity contribution in [2.24, 2.45) is 0 Å². The summed E-state index contributed by atoms with van der Waals surface area (Å²) in [5.41, 5.74) is 0.632. The lowest BCUT2D eigenvalue weighted by atomic mass is 10.3. The van der Waals surface area contributed by atoms with Gasteiger partial charge in [0.15, 0.2) is 0 Å². The molecule has 0 radical (unpaired) electrons. The number of carbonyl (C=O) groups is 2. The van der Waals surface area contributed by atoms with E-state index < -0.39 is 16.8 Å². The van der Waals surface area contributed by atoms with E-state index in [1.165, 1.54) is 0 Å². The maximum atomic E-state index is 11.4. The van der Waals surface area contributed by atoms with E-state index >= 15 is 0 Å². The van der Waals surface area contributed by atoms with Crippen molar-refractivity contribution in [3.63, 3.8) is 0 Å². The third-order valence-electron chi connectivity index (χ3n) is 1.89. The van der Waals surface area contributed by atoms with Crippen LogP contribution in [0.5, 0.6) is 0 Å². The fraction of sp³-hybridized carbons (Fsp3) is 0.273. The molecule has 1 aromatic rings. The smallest absolute Gasteiger partial charge is 0.304 e. The van der Waals surface area contributed by atoms with Gasteiger partial charge in [0.2, 0.25) is 5.91 Å². The van der Waals surface area contributed by atoms with E-state index in [9.17, 15) is 13.8 Å². The van der Waals surface area contributed by atoms with E-state index in [0.717, 1.165) is 0 Å². The third kappa shape index (κ3) is 5.82. The highest BCUT2D eigenvalue weighted by atomic mass is 32.2. The molecule has 0 saturated carbocycles. The van der Waals surface area contributed by atoms with E-state index in [2.05, 4.69) is 5.32 Å². The summed E-state index contributed by atoms with van der Waals surface area (Å²) in [6.45, 7) is 0. The molecular formula is C11H13NO4S. The molecule has 1 unspecified atom stereocenters. The summed E-state index contributed by atoms with van der Waals surface area (Å²) in [5, 5.41) is 11.0. The molecular weight excluding hydrogens is 242 g/mol. The Morgan fingerprint density at radius 3 is 2.47 bits per heavy atom. The van der Waals surface area contributed by atoms with Gasteiger partial charge in [0, 0.05) is 22.2 Å². The molecule has 2 N–H and O–H groups in total. The van der Waals surface area contributed by atoms with Crippen LogP contribution in [0.25, 0.3) is 0 Å².